The van der Waals surface area contributed by atoms with Crippen molar-refractivity contribution in [2.75, 3.05) is 16.5 Å². The highest BCUT2D eigenvalue weighted by Gasteiger charge is 2.20. The fraction of sp³-hybridized carbons (Fsp3) is 0.0800. The predicted molar refractivity (Wildman–Crippen MR) is 154 cm³/mol. The topological polar surface area (TPSA) is 238 Å². The number of anilines is 4. The Labute approximate surface area is 243 Å². The highest BCUT2D eigenvalue weighted by molar-refractivity contribution is 7.86. The summed E-state index contributed by atoms with van der Waals surface area (Å²) in [6.07, 6.45) is 0. The lowest BCUT2D eigenvalue weighted by molar-refractivity contribution is 0.0697. The monoisotopic (exact) mass is 611 g/mol. The smallest absolute Gasteiger partial charge is 0.338 e. The normalized spacial score (nSPS) is 12.0. The van der Waals surface area contributed by atoms with Gasteiger partial charge in [0.15, 0.2) is 5.75 Å². The van der Waals surface area contributed by atoms with Crippen molar-refractivity contribution in [3.8, 4) is 5.75 Å². The molecule has 1 aromatic heterocycles. The number of halogens is 1. The second-order valence-electron chi connectivity index (χ2n) is 8.64. The number of amidine groups is 1. The molecule has 4 rings (SSSR count). The van der Waals surface area contributed by atoms with Crippen LogP contribution in [0.25, 0.3) is 0 Å². The molecule has 0 aliphatic heterocycles. The third-order valence-corrected chi connectivity index (χ3v) is 6.56. The van der Waals surface area contributed by atoms with E-state index >= 15 is 0 Å². The summed E-state index contributed by atoms with van der Waals surface area (Å²) < 4.78 is 32.8. The molecule has 0 aliphatic carbocycles. The summed E-state index contributed by atoms with van der Waals surface area (Å²) in [4.78, 5) is 22.8. The minimum Gasteiger partial charge on any atom is -0.504 e. The molecular formula is C25H22ClN9O6S. The van der Waals surface area contributed by atoms with Crippen LogP contribution in [0, 0.1) is 13.8 Å². The first-order chi connectivity index (χ1) is 19.8. The van der Waals surface area contributed by atoms with E-state index in [9.17, 15) is 28.0 Å². The van der Waals surface area contributed by atoms with Gasteiger partial charge in [-0.25, -0.2) is 4.79 Å². The number of aromatic nitrogens is 3. The molecule has 0 unspecified atom stereocenters. The molecule has 4 aromatic rings. The van der Waals surface area contributed by atoms with Crippen LogP contribution < -0.4 is 16.5 Å². The van der Waals surface area contributed by atoms with Crippen molar-refractivity contribution in [3.63, 3.8) is 0 Å². The lowest BCUT2D eigenvalue weighted by Gasteiger charge is -2.11. The van der Waals surface area contributed by atoms with E-state index in [-0.39, 0.29) is 45.6 Å². The number of phenolic OH excluding ortho intramolecular Hbond substituents is 1. The molecule has 0 aliphatic rings. The minimum absolute atomic E-state index is 0.00480. The van der Waals surface area contributed by atoms with Gasteiger partial charge in [0.2, 0.25) is 23.0 Å². The molecule has 42 heavy (non-hydrogen) atoms. The Morgan fingerprint density at radius 3 is 2.43 bits per heavy atom. The number of azo groups is 1. The molecule has 0 saturated carbocycles. The van der Waals surface area contributed by atoms with Crippen LogP contribution in [0.5, 0.6) is 5.75 Å². The molecule has 15 nitrogen and oxygen atoms in total. The van der Waals surface area contributed by atoms with E-state index in [1.807, 2.05) is 0 Å². The first-order valence-electron chi connectivity index (χ1n) is 11.8. The van der Waals surface area contributed by atoms with Gasteiger partial charge < -0.3 is 21.3 Å². The zero-order valence-electron chi connectivity index (χ0n) is 21.8. The summed E-state index contributed by atoms with van der Waals surface area (Å²) in [5.41, 5.74) is 9.64. The molecule has 216 valence electrons. The fourth-order valence-electron chi connectivity index (χ4n) is 3.62. The van der Waals surface area contributed by atoms with Crippen LogP contribution in [0.3, 0.4) is 0 Å². The largest absolute Gasteiger partial charge is 0.504 e. The van der Waals surface area contributed by atoms with Crippen molar-refractivity contribution >= 4 is 62.5 Å². The summed E-state index contributed by atoms with van der Waals surface area (Å²) in [6.45, 7) is 3.34. The molecule has 0 saturated heterocycles. The Morgan fingerprint density at radius 2 is 1.76 bits per heavy atom. The van der Waals surface area contributed by atoms with Crippen LogP contribution in [-0.2, 0) is 10.1 Å². The summed E-state index contributed by atoms with van der Waals surface area (Å²) in [5, 5.41) is 35.3. The number of nitrogen functional groups attached to an aromatic ring is 1. The van der Waals surface area contributed by atoms with E-state index < -0.39 is 26.7 Å². The number of carboxylic acids is 1. The number of aryl methyl sites for hydroxylation is 2. The van der Waals surface area contributed by atoms with Gasteiger partial charge >= 0.3 is 5.97 Å². The fourth-order valence-corrected chi connectivity index (χ4v) is 4.48. The molecule has 0 bridgehead atoms. The standard InChI is InChI=1S/C25H22ClN9O6S/c1-12-9-18(20(36)19(10-12)42(39,40)41)33-35-21(15-6-4-3-5-13(15)2)34-32-17-8-7-14(11-16(17)22(37)38)28-25-30-23(26)29-24(27)31-25/h3-11,33,36H,1-2H3,(H,37,38)(H,39,40,41)(H3,27,28,29,30,31)/b34-32?,35-21+. The van der Waals surface area contributed by atoms with Crippen LogP contribution in [0.15, 0.2) is 74.8 Å². The quantitative estimate of drug-likeness (QED) is 0.0397. The number of rotatable bonds is 8. The van der Waals surface area contributed by atoms with Gasteiger partial charge in [-0.3, -0.25) is 9.98 Å². The highest BCUT2D eigenvalue weighted by atomic mass is 35.5. The third-order valence-electron chi connectivity index (χ3n) is 5.53. The molecule has 1 heterocycles. The van der Waals surface area contributed by atoms with E-state index in [0.29, 0.717) is 11.1 Å². The minimum atomic E-state index is -4.73. The second-order valence-corrected chi connectivity index (χ2v) is 10.4. The van der Waals surface area contributed by atoms with Crippen LogP contribution in [0.4, 0.5) is 29.0 Å². The Kier molecular flexibility index (Phi) is 8.60. The first kappa shape index (κ1) is 29.8. The average molecular weight is 612 g/mol. The number of aromatic hydroxyl groups is 1. The molecule has 0 atom stereocenters. The summed E-state index contributed by atoms with van der Waals surface area (Å²) in [7, 11) is -4.73. The third kappa shape index (κ3) is 7.11. The molecule has 0 fully saturated rings. The zero-order valence-corrected chi connectivity index (χ0v) is 23.4. The Morgan fingerprint density at radius 1 is 1.02 bits per heavy atom. The maximum atomic E-state index is 12.0. The number of carbonyl (C=O) groups is 1. The van der Waals surface area contributed by atoms with Crippen LogP contribution >= 0.6 is 11.6 Å². The highest BCUT2D eigenvalue weighted by Crippen LogP contribution is 2.33. The van der Waals surface area contributed by atoms with Crippen molar-refractivity contribution in [1.82, 2.24) is 15.0 Å². The number of aromatic carboxylic acids is 1. The van der Waals surface area contributed by atoms with Gasteiger partial charge in [0.1, 0.15) is 10.6 Å². The van der Waals surface area contributed by atoms with E-state index in [4.69, 9.17) is 17.3 Å². The number of hydrazone groups is 1. The Hall–Kier alpha value is -5.19. The summed E-state index contributed by atoms with van der Waals surface area (Å²) in [6, 6.07) is 13.6. The Bertz CT molecular complexity index is 1850. The lowest BCUT2D eigenvalue weighted by Crippen LogP contribution is -2.06. The van der Waals surface area contributed by atoms with Gasteiger partial charge in [0, 0.05) is 11.3 Å². The number of hydrogen-bond acceptors (Lipinski definition) is 12. The van der Waals surface area contributed by atoms with Gasteiger partial charge in [-0.05, 0) is 66.9 Å². The molecule has 3 aromatic carbocycles. The molecule has 0 radical (unpaired) electrons. The number of nitrogens with zero attached hydrogens (tertiary/aromatic N) is 6. The van der Waals surface area contributed by atoms with E-state index in [2.05, 4.69) is 41.0 Å². The second kappa shape index (κ2) is 12.1. The van der Waals surface area contributed by atoms with Crippen molar-refractivity contribution in [2.24, 2.45) is 15.3 Å². The number of phenols is 1. The van der Waals surface area contributed by atoms with Crippen LogP contribution in [0.1, 0.15) is 27.0 Å². The number of nitrogens with one attached hydrogen (secondary N) is 2. The van der Waals surface area contributed by atoms with Gasteiger partial charge in [0.25, 0.3) is 10.1 Å². The van der Waals surface area contributed by atoms with Gasteiger partial charge in [0.05, 0.1) is 11.3 Å². The van der Waals surface area contributed by atoms with E-state index in [1.54, 1.807) is 38.1 Å². The molecule has 17 heteroatoms. The lowest BCUT2D eigenvalue weighted by atomic mass is 10.1. The molecule has 7 N–H and O–H groups in total. The number of carboxylic acid groups (broad SMARTS) is 1. The first-order valence-corrected chi connectivity index (χ1v) is 13.6. The van der Waals surface area contributed by atoms with E-state index in [0.717, 1.165) is 11.6 Å². The average Bonchev–Trinajstić information content (AvgIpc) is 2.90. The number of benzene rings is 3. The van der Waals surface area contributed by atoms with Crippen LogP contribution in [-0.4, -0.2) is 49.9 Å². The maximum Gasteiger partial charge on any atom is 0.338 e. The van der Waals surface area contributed by atoms with Crippen molar-refractivity contribution in [1.29, 1.82) is 0 Å². The molecular weight excluding hydrogens is 590 g/mol. The predicted octanol–water partition coefficient (Wildman–Crippen LogP) is 4.68. The zero-order chi connectivity index (χ0) is 30.6. The van der Waals surface area contributed by atoms with Gasteiger partial charge in [-0.15, -0.1) is 10.2 Å². The SMILES string of the molecule is Cc1cc(N/N=C(/N=Nc2ccc(Nc3nc(N)nc(Cl)n3)cc2C(=O)O)c2ccccc2C)c(O)c(S(=O)(=O)O)c1. The van der Waals surface area contributed by atoms with Crippen molar-refractivity contribution in [3.05, 3.63) is 82.1 Å². The van der Waals surface area contributed by atoms with Crippen LogP contribution in [0.2, 0.25) is 5.28 Å². The number of hydrogen-bond donors (Lipinski definition) is 6. The Balaban J connectivity index is 1.73. The number of nitrogens with two attached hydrogens (primary N) is 1. The van der Waals surface area contributed by atoms with Crippen molar-refractivity contribution < 1.29 is 28.0 Å². The van der Waals surface area contributed by atoms with E-state index in [1.165, 1.54) is 24.3 Å². The summed E-state index contributed by atoms with van der Waals surface area (Å²) in [5.74, 6) is -2.24. The van der Waals surface area contributed by atoms with Crippen molar-refractivity contribution in [2.45, 2.75) is 18.7 Å². The van der Waals surface area contributed by atoms with Gasteiger partial charge in [-0.1, -0.05) is 24.3 Å². The maximum absolute atomic E-state index is 12.0. The summed E-state index contributed by atoms with van der Waals surface area (Å²) >= 11 is 5.79. The molecule has 0 amide bonds. The molecule has 0 spiro atoms. The van der Waals surface area contributed by atoms with Gasteiger partial charge in [-0.2, -0.15) is 28.5 Å².